The monoisotopic (exact) mass is 265 g/mol. The van der Waals surface area contributed by atoms with Gasteiger partial charge in [0.1, 0.15) is 12.3 Å². The minimum absolute atomic E-state index is 0.199. The van der Waals surface area contributed by atoms with Crippen molar-refractivity contribution in [3.05, 3.63) is 29.8 Å². The summed E-state index contributed by atoms with van der Waals surface area (Å²) in [6.07, 6.45) is 0. The van der Waals surface area contributed by atoms with Gasteiger partial charge in [-0.2, -0.15) is 0 Å². The van der Waals surface area contributed by atoms with Crippen LogP contribution in [0.3, 0.4) is 0 Å². The summed E-state index contributed by atoms with van der Waals surface area (Å²) >= 11 is 0. The molecule has 0 radical (unpaired) electrons. The number of benzene rings is 1. The van der Waals surface area contributed by atoms with Crippen molar-refractivity contribution < 1.29 is 19.1 Å². The molecule has 7 heteroatoms. The van der Waals surface area contributed by atoms with Crippen LogP contribution in [0.5, 0.6) is 5.75 Å². The summed E-state index contributed by atoms with van der Waals surface area (Å²) in [5.41, 5.74) is 5.41. The Balaban J connectivity index is 2.54. The number of rotatable bonds is 5. The third kappa shape index (κ3) is 5.07. The van der Waals surface area contributed by atoms with Crippen molar-refractivity contribution in [3.8, 4) is 5.75 Å². The first-order chi connectivity index (χ1) is 9.02. The van der Waals surface area contributed by atoms with Crippen LogP contribution in [-0.2, 0) is 9.53 Å². The van der Waals surface area contributed by atoms with Gasteiger partial charge in [-0.25, -0.2) is 9.59 Å². The number of nitrogens with two attached hydrogens (primary N) is 1. The van der Waals surface area contributed by atoms with Crippen LogP contribution in [0, 0.1) is 5.41 Å². The molecule has 0 bridgehead atoms. The highest BCUT2D eigenvalue weighted by Gasteiger charge is 2.08. The first-order valence-corrected chi connectivity index (χ1v) is 5.58. The van der Waals surface area contributed by atoms with E-state index >= 15 is 0 Å². The molecule has 0 spiro atoms. The molecule has 0 amide bonds. The van der Waals surface area contributed by atoms with Gasteiger partial charge in [-0.15, -0.1) is 0 Å². The van der Waals surface area contributed by atoms with E-state index in [1.165, 1.54) is 24.3 Å². The highest BCUT2D eigenvalue weighted by atomic mass is 16.5. The third-order valence-corrected chi connectivity index (χ3v) is 2.02. The van der Waals surface area contributed by atoms with Crippen LogP contribution in [0.1, 0.15) is 17.3 Å². The summed E-state index contributed by atoms with van der Waals surface area (Å²) in [6.45, 7) is 1.82. The first kappa shape index (κ1) is 14.5. The zero-order valence-electron chi connectivity index (χ0n) is 10.4. The molecule has 0 atom stereocenters. The number of esters is 2. The molecule has 0 fully saturated rings. The van der Waals surface area contributed by atoms with E-state index in [1.54, 1.807) is 6.92 Å². The maximum absolute atomic E-state index is 11.4. The van der Waals surface area contributed by atoms with E-state index in [0.717, 1.165) is 0 Å². The molecule has 0 aromatic heterocycles. The van der Waals surface area contributed by atoms with Gasteiger partial charge < -0.3 is 20.5 Å². The molecule has 1 aromatic rings. The van der Waals surface area contributed by atoms with Crippen molar-refractivity contribution in [1.82, 2.24) is 5.32 Å². The molecule has 102 valence electrons. The topological polar surface area (TPSA) is 114 Å². The summed E-state index contributed by atoms with van der Waals surface area (Å²) in [6, 6.07) is 5.97. The molecule has 19 heavy (non-hydrogen) atoms. The first-order valence-electron chi connectivity index (χ1n) is 5.58. The van der Waals surface area contributed by atoms with Crippen LogP contribution in [0.15, 0.2) is 24.3 Å². The highest BCUT2D eigenvalue weighted by Crippen LogP contribution is 2.13. The maximum atomic E-state index is 11.4. The standard InChI is InChI=1S/C12H15N3O4/c1-2-18-11(17)8-3-5-9(6-4-8)19-10(16)7-15-12(13)14/h3-6H,2,7H2,1H3,(H4,13,14,15). The van der Waals surface area contributed by atoms with Gasteiger partial charge in [-0.1, -0.05) is 0 Å². The zero-order valence-corrected chi connectivity index (χ0v) is 10.4. The molecule has 0 aliphatic carbocycles. The Morgan fingerprint density at radius 1 is 1.32 bits per heavy atom. The second-order valence-electron chi connectivity index (χ2n) is 3.49. The second kappa shape index (κ2) is 7.00. The van der Waals surface area contributed by atoms with E-state index < -0.39 is 11.9 Å². The molecule has 0 saturated carbocycles. The van der Waals surface area contributed by atoms with Gasteiger partial charge in [-0.05, 0) is 31.2 Å². The van der Waals surface area contributed by atoms with Crippen molar-refractivity contribution in [2.45, 2.75) is 6.92 Å². The zero-order chi connectivity index (χ0) is 14.3. The Labute approximate surface area is 110 Å². The van der Waals surface area contributed by atoms with Gasteiger partial charge in [-0.3, -0.25) is 5.41 Å². The van der Waals surface area contributed by atoms with E-state index in [9.17, 15) is 9.59 Å². The van der Waals surface area contributed by atoms with Gasteiger partial charge in [0.05, 0.1) is 12.2 Å². The smallest absolute Gasteiger partial charge is 0.338 e. The van der Waals surface area contributed by atoms with Crippen LogP contribution in [-0.4, -0.2) is 31.0 Å². The van der Waals surface area contributed by atoms with Crippen molar-refractivity contribution >= 4 is 17.9 Å². The largest absolute Gasteiger partial charge is 0.462 e. The third-order valence-electron chi connectivity index (χ3n) is 2.02. The van der Waals surface area contributed by atoms with Crippen molar-refractivity contribution in [2.75, 3.05) is 13.2 Å². The number of hydrogen-bond acceptors (Lipinski definition) is 5. The second-order valence-corrected chi connectivity index (χ2v) is 3.49. The van der Waals surface area contributed by atoms with E-state index in [2.05, 4.69) is 5.32 Å². The fraction of sp³-hybridized carbons (Fsp3) is 0.250. The molecule has 7 nitrogen and oxygen atoms in total. The minimum Gasteiger partial charge on any atom is -0.462 e. The Bertz CT molecular complexity index is 470. The van der Waals surface area contributed by atoms with Crippen molar-refractivity contribution in [1.29, 1.82) is 5.41 Å². The van der Waals surface area contributed by atoms with E-state index in [1.807, 2.05) is 0 Å². The lowest BCUT2D eigenvalue weighted by Gasteiger charge is -2.06. The molecule has 0 aliphatic rings. The summed E-state index contributed by atoms with van der Waals surface area (Å²) in [5, 5.41) is 9.21. The molecule has 4 N–H and O–H groups in total. The average Bonchev–Trinajstić information content (AvgIpc) is 2.37. The minimum atomic E-state index is -0.584. The van der Waals surface area contributed by atoms with Crippen LogP contribution in [0.2, 0.25) is 0 Å². The van der Waals surface area contributed by atoms with Crippen LogP contribution in [0.4, 0.5) is 0 Å². The number of carbonyl (C=O) groups is 2. The maximum Gasteiger partial charge on any atom is 0.338 e. The van der Waals surface area contributed by atoms with Crippen LogP contribution in [0.25, 0.3) is 0 Å². The normalized spacial score (nSPS) is 9.53. The quantitative estimate of drug-likeness (QED) is 0.304. The summed E-state index contributed by atoms with van der Waals surface area (Å²) in [4.78, 5) is 22.7. The Morgan fingerprint density at radius 3 is 2.47 bits per heavy atom. The molecule has 1 aromatic carbocycles. The van der Waals surface area contributed by atoms with Gasteiger partial charge in [0.2, 0.25) is 0 Å². The van der Waals surface area contributed by atoms with Gasteiger partial charge >= 0.3 is 11.9 Å². The lowest BCUT2D eigenvalue weighted by atomic mass is 10.2. The number of carbonyl (C=O) groups excluding carboxylic acids is 2. The van der Waals surface area contributed by atoms with Crippen molar-refractivity contribution in [3.63, 3.8) is 0 Å². The Hall–Kier alpha value is -2.57. The van der Waals surface area contributed by atoms with E-state index in [4.69, 9.17) is 20.6 Å². The predicted octanol–water partition coefficient (Wildman–Crippen LogP) is 0.252. The summed E-state index contributed by atoms with van der Waals surface area (Å²) < 4.78 is 9.77. The lowest BCUT2D eigenvalue weighted by Crippen LogP contribution is -2.36. The summed E-state index contributed by atoms with van der Waals surface area (Å²) in [7, 11) is 0. The van der Waals surface area contributed by atoms with Gasteiger partial charge in [0.25, 0.3) is 0 Å². The molecule has 0 unspecified atom stereocenters. The molecular formula is C12H15N3O4. The number of nitrogens with one attached hydrogen (secondary N) is 2. The molecule has 0 saturated heterocycles. The molecular weight excluding hydrogens is 250 g/mol. The average molecular weight is 265 g/mol. The van der Waals surface area contributed by atoms with E-state index in [-0.39, 0.29) is 12.5 Å². The van der Waals surface area contributed by atoms with Crippen molar-refractivity contribution in [2.24, 2.45) is 5.73 Å². The SMILES string of the molecule is CCOC(=O)c1ccc(OC(=O)CNC(=N)N)cc1. The summed E-state index contributed by atoms with van der Waals surface area (Å²) in [5.74, 6) is -1.03. The Morgan fingerprint density at radius 2 is 1.95 bits per heavy atom. The lowest BCUT2D eigenvalue weighted by molar-refractivity contribution is -0.133. The predicted molar refractivity (Wildman–Crippen MR) is 68.0 cm³/mol. The molecule has 0 aliphatic heterocycles. The fourth-order valence-corrected chi connectivity index (χ4v) is 1.21. The highest BCUT2D eigenvalue weighted by molar-refractivity contribution is 5.89. The number of guanidine groups is 1. The van der Waals surface area contributed by atoms with Gasteiger partial charge in [0, 0.05) is 0 Å². The molecule has 1 rings (SSSR count). The number of ether oxygens (including phenoxy) is 2. The van der Waals surface area contributed by atoms with Crippen LogP contribution < -0.4 is 15.8 Å². The van der Waals surface area contributed by atoms with Gasteiger partial charge in [0.15, 0.2) is 5.96 Å². The van der Waals surface area contributed by atoms with E-state index in [0.29, 0.717) is 17.9 Å². The van der Waals surface area contributed by atoms with Crippen LogP contribution >= 0.6 is 0 Å². The fourth-order valence-electron chi connectivity index (χ4n) is 1.21. The number of hydrogen-bond donors (Lipinski definition) is 3. The Kier molecular flexibility index (Phi) is 5.34. The molecule has 0 heterocycles.